The number of fused-ring (bicyclic) bond motifs is 1. The van der Waals surface area contributed by atoms with Crippen molar-refractivity contribution < 1.29 is 9.21 Å². The average Bonchev–Trinajstić information content (AvgIpc) is 2.67. The van der Waals surface area contributed by atoms with Gasteiger partial charge in [0.05, 0.1) is 11.4 Å². The highest BCUT2D eigenvalue weighted by atomic mass is 35.5. The summed E-state index contributed by atoms with van der Waals surface area (Å²) in [4.78, 5) is 26.9. The molecule has 1 amide bonds. The van der Waals surface area contributed by atoms with Crippen LogP contribution in [-0.4, -0.2) is 31.4 Å². The molecule has 2 aromatic carbocycles. The lowest BCUT2D eigenvalue weighted by Gasteiger charge is -2.26. The minimum Gasteiger partial charge on any atom is -0.451 e. The molecule has 0 fully saturated rings. The number of carbonyl (C=O) groups excluding carboxylic acids is 1. The van der Waals surface area contributed by atoms with Crippen LogP contribution in [0.1, 0.15) is 48.5 Å². The predicted octanol–water partition coefficient (Wildman–Crippen LogP) is 4.55. The summed E-state index contributed by atoms with van der Waals surface area (Å²) >= 11 is 0. The van der Waals surface area contributed by atoms with Gasteiger partial charge in [-0.05, 0) is 42.8 Å². The molecule has 1 aromatic heterocycles. The van der Waals surface area contributed by atoms with Crippen LogP contribution in [0.4, 0.5) is 0 Å². The van der Waals surface area contributed by atoms with Crippen LogP contribution in [0, 0.1) is 0 Å². The molecule has 3 aromatic rings. The molecule has 0 saturated carbocycles. The highest BCUT2D eigenvalue weighted by Gasteiger charge is 2.19. The number of para-hydroxylation sites is 1. The van der Waals surface area contributed by atoms with Crippen molar-refractivity contribution in [3.8, 4) is 0 Å². The Morgan fingerprint density at radius 3 is 2.30 bits per heavy atom. The Bertz CT molecular complexity index is 1070. The molecule has 0 aliphatic rings. The van der Waals surface area contributed by atoms with Gasteiger partial charge in [0.15, 0.2) is 11.2 Å². The molecule has 160 valence electrons. The van der Waals surface area contributed by atoms with Crippen molar-refractivity contribution in [3.63, 3.8) is 0 Å². The predicted molar refractivity (Wildman–Crippen MR) is 124 cm³/mol. The van der Waals surface area contributed by atoms with Gasteiger partial charge in [0.2, 0.25) is 0 Å². The molecule has 30 heavy (non-hydrogen) atoms. The zero-order chi connectivity index (χ0) is 21.2. The molecule has 0 spiro atoms. The van der Waals surface area contributed by atoms with Gasteiger partial charge in [-0.1, -0.05) is 57.2 Å². The van der Waals surface area contributed by atoms with Crippen molar-refractivity contribution in [2.24, 2.45) is 0 Å². The van der Waals surface area contributed by atoms with Crippen molar-refractivity contribution in [2.45, 2.75) is 32.2 Å². The van der Waals surface area contributed by atoms with Crippen molar-refractivity contribution in [3.05, 3.63) is 81.7 Å². The number of benzene rings is 2. The first-order chi connectivity index (χ1) is 13.7. The number of carbonyl (C=O) groups is 1. The van der Waals surface area contributed by atoms with Crippen LogP contribution in [0.3, 0.4) is 0 Å². The van der Waals surface area contributed by atoms with E-state index in [2.05, 4.69) is 55.3 Å². The number of hydrogen-bond donors (Lipinski definition) is 1. The molecule has 0 bridgehead atoms. The van der Waals surface area contributed by atoms with Crippen LogP contribution in [0.15, 0.2) is 63.8 Å². The van der Waals surface area contributed by atoms with Gasteiger partial charge < -0.3 is 14.6 Å². The average molecular weight is 429 g/mol. The molecule has 0 radical (unpaired) electrons. The number of amides is 1. The second kappa shape index (κ2) is 9.45. The zero-order valence-electron chi connectivity index (χ0n) is 18.1. The summed E-state index contributed by atoms with van der Waals surface area (Å²) in [7, 11) is 3.95. The quantitative estimate of drug-likeness (QED) is 0.647. The van der Waals surface area contributed by atoms with Crippen molar-refractivity contribution in [2.75, 3.05) is 20.6 Å². The van der Waals surface area contributed by atoms with Crippen LogP contribution in [0.5, 0.6) is 0 Å². The molecule has 0 aliphatic carbocycles. The van der Waals surface area contributed by atoms with Gasteiger partial charge in [-0.25, -0.2) is 0 Å². The summed E-state index contributed by atoms with van der Waals surface area (Å²) < 4.78 is 5.63. The summed E-state index contributed by atoms with van der Waals surface area (Å²) in [5.41, 5.74) is 2.66. The Hall–Kier alpha value is -2.63. The summed E-state index contributed by atoms with van der Waals surface area (Å²) in [6.45, 7) is 6.95. The van der Waals surface area contributed by atoms with E-state index in [4.69, 9.17) is 4.42 Å². The van der Waals surface area contributed by atoms with Crippen molar-refractivity contribution in [1.29, 1.82) is 0 Å². The molecule has 3 rings (SSSR count). The van der Waals surface area contributed by atoms with Gasteiger partial charge in [-0.2, -0.15) is 0 Å². The molecule has 1 N–H and O–H groups in total. The molecule has 1 atom stereocenters. The fraction of sp³-hybridized carbons (Fsp3) is 0.333. The monoisotopic (exact) mass is 428 g/mol. The van der Waals surface area contributed by atoms with Crippen LogP contribution in [0.25, 0.3) is 11.0 Å². The highest BCUT2D eigenvalue weighted by molar-refractivity contribution is 5.93. The van der Waals surface area contributed by atoms with Gasteiger partial charge in [0.1, 0.15) is 5.58 Å². The Kier molecular flexibility index (Phi) is 7.45. The maximum absolute atomic E-state index is 12.6. The van der Waals surface area contributed by atoms with E-state index in [0.717, 1.165) is 5.56 Å². The Morgan fingerprint density at radius 1 is 1.07 bits per heavy atom. The number of nitrogens with zero attached hydrogens (tertiary/aromatic N) is 1. The third kappa shape index (κ3) is 5.29. The lowest BCUT2D eigenvalue weighted by Crippen LogP contribution is -2.34. The van der Waals surface area contributed by atoms with E-state index in [1.165, 1.54) is 11.6 Å². The topological polar surface area (TPSA) is 62.6 Å². The number of halogens is 1. The van der Waals surface area contributed by atoms with E-state index >= 15 is 0 Å². The summed E-state index contributed by atoms with van der Waals surface area (Å²) in [5, 5.41) is 3.37. The normalized spacial score (nSPS) is 12.5. The Morgan fingerprint density at radius 2 is 1.70 bits per heavy atom. The Labute approximate surface area is 183 Å². The van der Waals surface area contributed by atoms with E-state index in [1.54, 1.807) is 24.3 Å². The minimum absolute atomic E-state index is 0. The number of rotatable bonds is 5. The zero-order valence-corrected chi connectivity index (χ0v) is 18.9. The molecular weight excluding hydrogens is 400 g/mol. The fourth-order valence-corrected chi connectivity index (χ4v) is 3.30. The number of nitrogens with one attached hydrogen (secondary N) is 1. The molecule has 1 unspecified atom stereocenters. The third-order valence-corrected chi connectivity index (χ3v) is 5.10. The second-order valence-corrected chi connectivity index (χ2v) is 8.53. The standard InChI is InChI=1S/C24H28N2O3.ClH/c1-24(2,3)17-12-10-16(11-13-17)19(26(4)5)15-25-23(28)22-14-20(27)18-8-6-7-9-21(18)29-22;/h6-14,19H,15H2,1-5H3,(H,25,28);1H. The number of hydrogen-bond acceptors (Lipinski definition) is 4. The third-order valence-electron chi connectivity index (χ3n) is 5.10. The molecule has 0 aliphatic heterocycles. The molecule has 1 heterocycles. The first kappa shape index (κ1) is 23.6. The summed E-state index contributed by atoms with van der Waals surface area (Å²) in [6.07, 6.45) is 0. The van der Waals surface area contributed by atoms with Crippen molar-refractivity contribution >= 4 is 29.3 Å². The van der Waals surface area contributed by atoms with E-state index in [9.17, 15) is 9.59 Å². The first-order valence-electron chi connectivity index (χ1n) is 9.75. The smallest absolute Gasteiger partial charge is 0.287 e. The van der Waals surface area contributed by atoms with Crippen LogP contribution < -0.4 is 10.7 Å². The minimum atomic E-state index is -0.397. The van der Waals surface area contributed by atoms with Gasteiger partial charge >= 0.3 is 0 Å². The van der Waals surface area contributed by atoms with E-state index in [1.807, 2.05) is 14.1 Å². The van der Waals surface area contributed by atoms with Gasteiger partial charge in [0.25, 0.3) is 5.91 Å². The first-order valence-corrected chi connectivity index (χ1v) is 9.75. The largest absolute Gasteiger partial charge is 0.451 e. The Balaban J connectivity index is 0.00000320. The SMILES string of the molecule is CN(C)C(CNC(=O)c1cc(=O)c2ccccc2o1)c1ccc(C(C)(C)C)cc1.Cl. The van der Waals surface area contributed by atoms with Crippen LogP contribution in [-0.2, 0) is 5.41 Å². The molecule has 5 nitrogen and oxygen atoms in total. The van der Waals surface area contributed by atoms with E-state index in [-0.39, 0.29) is 35.1 Å². The fourth-order valence-electron chi connectivity index (χ4n) is 3.30. The maximum atomic E-state index is 12.6. The molecular formula is C24H29ClN2O3. The molecule has 6 heteroatoms. The van der Waals surface area contributed by atoms with E-state index in [0.29, 0.717) is 17.5 Å². The van der Waals surface area contributed by atoms with Crippen LogP contribution in [0.2, 0.25) is 0 Å². The van der Waals surface area contributed by atoms with Gasteiger partial charge in [0, 0.05) is 12.6 Å². The summed E-state index contributed by atoms with van der Waals surface area (Å²) in [6, 6.07) is 16.6. The van der Waals surface area contributed by atoms with Gasteiger partial charge in [-0.3, -0.25) is 9.59 Å². The molecule has 0 saturated heterocycles. The van der Waals surface area contributed by atoms with E-state index < -0.39 is 5.91 Å². The lowest BCUT2D eigenvalue weighted by atomic mass is 9.86. The number of likely N-dealkylation sites (N-methyl/N-ethyl adjacent to an activating group) is 1. The lowest BCUT2D eigenvalue weighted by molar-refractivity contribution is 0.0914. The van der Waals surface area contributed by atoms with Gasteiger partial charge in [-0.15, -0.1) is 12.4 Å². The maximum Gasteiger partial charge on any atom is 0.287 e. The van der Waals surface area contributed by atoms with Crippen LogP contribution >= 0.6 is 12.4 Å². The second-order valence-electron chi connectivity index (χ2n) is 8.53. The highest BCUT2D eigenvalue weighted by Crippen LogP contribution is 2.25. The summed E-state index contributed by atoms with van der Waals surface area (Å²) in [5.74, 6) is -0.375. The van der Waals surface area contributed by atoms with Crippen molar-refractivity contribution in [1.82, 2.24) is 10.2 Å².